The van der Waals surface area contributed by atoms with Crippen molar-refractivity contribution in [1.82, 2.24) is 10.6 Å². The molecule has 0 bridgehead atoms. The molecule has 0 saturated carbocycles. The van der Waals surface area contributed by atoms with E-state index in [1.165, 1.54) is 6.92 Å². The molecule has 0 heterocycles. The lowest BCUT2D eigenvalue weighted by molar-refractivity contribution is -0.121. The number of nitrogens with two attached hydrogens (primary N) is 1. The van der Waals surface area contributed by atoms with Crippen LogP contribution in [0.2, 0.25) is 0 Å². The molecule has 0 rings (SSSR count). The summed E-state index contributed by atoms with van der Waals surface area (Å²) in [7, 11) is 0. The predicted octanol–water partition coefficient (Wildman–Crippen LogP) is -1.55. The lowest BCUT2D eigenvalue weighted by atomic mass is 10.3. The molecule has 0 aliphatic rings. The second-order valence-corrected chi connectivity index (χ2v) is 2.62. The highest BCUT2D eigenvalue weighted by molar-refractivity contribution is 7.80. The van der Waals surface area contributed by atoms with E-state index < -0.39 is 11.9 Å². The maximum absolute atomic E-state index is 10.6. The molecule has 2 amide bonds. The summed E-state index contributed by atoms with van der Waals surface area (Å²) in [4.78, 5) is 21.0. The van der Waals surface area contributed by atoms with Gasteiger partial charge in [-0.15, -0.1) is 0 Å². The first-order chi connectivity index (χ1) is 5.57. The van der Waals surface area contributed by atoms with Crippen LogP contribution in [0.1, 0.15) is 6.92 Å². The maximum Gasteiger partial charge on any atom is 0.235 e. The number of carbonyl (C=O) groups is 2. The third kappa shape index (κ3) is 4.97. The SMILES string of the molecule is CC(=O)NCNC(CS)C(N)=O. The monoisotopic (exact) mass is 191 g/mol. The zero-order valence-electron chi connectivity index (χ0n) is 6.83. The molecule has 0 aromatic rings. The topological polar surface area (TPSA) is 84.2 Å². The lowest BCUT2D eigenvalue weighted by Crippen LogP contribution is -2.47. The molecule has 12 heavy (non-hydrogen) atoms. The number of amides is 2. The Morgan fingerprint density at radius 2 is 2.17 bits per heavy atom. The van der Waals surface area contributed by atoms with Gasteiger partial charge in [0, 0.05) is 12.7 Å². The fourth-order valence-electron chi connectivity index (χ4n) is 0.554. The van der Waals surface area contributed by atoms with Gasteiger partial charge in [-0.05, 0) is 0 Å². The van der Waals surface area contributed by atoms with Crippen molar-refractivity contribution in [2.24, 2.45) is 5.73 Å². The molecule has 0 aliphatic carbocycles. The van der Waals surface area contributed by atoms with Crippen LogP contribution in [0.3, 0.4) is 0 Å². The second kappa shape index (κ2) is 5.84. The maximum atomic E-state index is 10.6. The first-order valence-corrected chi connectivity index (χ1v) is 4.09. The summed E-state index contributed by atoms with van der Waals surface area (Å²) < 4.78 is 0. The number of hydrogen-bond acceptors (Lipinski definition) is 4. The van der Waals surface area contributed by atoms with E-state index >= 15 is 0 Å². The average molecular weight is 191 g/mol. The molecule has 0 fully saturated rings. The fourth-order valence-corrected chi connectivity index (χ4v) is 0.863. The number of primary amides is 1. The minimum Gasteiger partial charge on any atom is -0.368 e. The number of hydrogen-bond donors (Lipinski definition) is 4. The average Bonchev–Trinajstić information content (AvgIpc) is 1.96. The molecular weight excluding hydrogens is 178 g/mol. The fraction of sp³-hybridized carbons (Fsp3) is 0.667. The molecule has 1 atom stereocenters. The Kier molecular flexibility index (Phi) is 5.48. The molecule has 0 aliphatic heterocycles. The molecule has 5 nitrogen and oxygen atoms in total. The summed E-state index contributed by atoms with van der Waals surface area (Å²) >= 11 is 3.90. The molecule has 6 heteroatoms. The molecule has 0 radical (unpaired) electrons. The van der Waals surface area contributed by atoms with Gasteiger partial charge in [-0.25, -0.2) is 0 Å². The van der Waals surface area contributed by atoms with Crippen LogP contribution in [-0.2, 0) is 9.59 Å². The molecule has 70 valence electrons. The highest BCUT2D eigenvalue weighted by Gasteiger charge is 2.11. The first-order valence-electron chi connectivity index (χ1n) is 3.46. The van der Waals surface area contributed by atoms with E-state index in [4.69, 9.17) is 5.73 Å². The third-order valence-corrected chi connectivity index (χ3v) is 1.58. The van der Waals surface area contributed by atoms with E-state index in [9.17, 15) is 9.59 Å². The Morgan fingerprint density at radius 1 is 1.58 bits per heavy atom. The summed E-state index contributed by atoms with van der Waals surface area (Å²) in [5.74, 6) is -0.324. The van der Waals surface area contributed by atoms with Crippen molar-refractivity contribution < 1.29 is 9.59 Å². The van der Waals surface area contributed by atoms with Crippen molar-refractivity contribution in [3.63, 3.8) is 0 Å². The van der Waals surface area contributed by atoms with Crippen LogP contribution >= 0.6 is 12.6 Å². The molecule has 1 unspecified atom stereocenters. The highest BCUT2D eigenvalue weighted by Crippen LogP contribution is 1.84. The zero-order valence-corrected chi connectivity index (χ0v) is 7.73. The molecule has 0 saturated heterocycles. The standard InChI is InChI=1S/C6H13N3O2S/c1-4(10)8-3-9-5(2-12)6(7)11/h5,9,12H,2-3H2,1H3,(H2,7,11)(H,8,10). The minimum absolute atomic E-state index is 0.162. The highest BCUT2D eigenvalue weighted by atomic mass is 32.1. The molecular formula is C6H13N3O2S. The van der Waals surface area contributed by atoms with Gasteiger partial charge in [0.1, 0.15) is 0 Å². The van der Waals surface area contributed by atoms with Gasteiger partial charge in [0.2, 0.25) is 11.8 Å². The van der Waals surface area contributed by atoms with Crippen LogP contribution in [0.25, 0.3) is 0 Å². The second-order valence-electron chi connectivity index (χ2n) is 2.25. The normalized spacial score (nSPS) is 12.2. The van der Waals surface area contributed by atoms with Crippen molar-refractivity contribution in [2.75, 3.05) is 12.4 Å². The predicted molar refractivity (Wildman–Crippen MR) is 48.7 cm³/mol. The van der Waals surface area contributed by atoms with E-state index in [0.717, 1.165) is 0 Å². The Bertz CT molecular complexity index is 174. The van der Waals surface area contributed by atoms with Gasteiger partial charge in [0.15, 0.2) is 0 Å². The molecule has 0 aromatic heterocycles. The van der Waals surface area contributed by atoms with Gasteiger partial charge in [0.25, 0.3) is 0 Å². The lowest BCUT2D eigenvalue weighted by Gasteiger charge is -2.12. The van der Waals surface area contributed by atoms with Crippen LogP contribution in [0, 0.1) is 0 Å². The van der Waals surface area contributed by atoms with Gasteiger partial charge in [-0.2, -0.15) is 12.6 Å². The van der Waals surface area contributed by atoms with Crippen molar-refractivity contribution in [2.45, 2.75) is 13.0 Å². The van der Waals surface area contributed by atoms with Crippen LogP contribution in [0.5, 0.6) is 0 Å². The van der Waals surface area contributed by atoms with Crippen molar-refractivity contribution in [3.8, 4) is 0 Å². The Hall–Kier alpha value is -0.750. The van der Waals surface area contributed by atoms with Gasteiger partial charge < -0.3 is 11.1 Å². The summed E-state index contributed by atoms with van der Waals surface area (Å²) in [6.07, 6.45) is 0. The smallest absolute Gasteiger partial charge is 0.235 e. The Balaban J connectivity index is 3.59. The summed E-state index contributed by atoms with van der Waals surface area (Å²) in [6.45, 7) is 1.62. The summed E-state index contributed by atoms with van der Waals surface area (Å²) in [5, 5.41) is 5.19. The van der Waals surface area contributed by atoms with Crippen molar-refractivity contribution >= 4 is 24.4 Å². The number of rotatable bonds is 5. The first kappa shape index (κ1) is 11.2. The Labute approximate surface area is 76.5 Å². The number of thiol groups is 1. The van der Waals surface area contributed by atoms with Gasteiger partial charge in [-0.3, -0.25) is 14.9 Å². The summed E-state index contributed by atoms with van der Waals surface area (Å²) in [6, 6.07) is -0.500. The van der Waals surface area contributed by atoms with Gasteiger partial charge in [-0.1, -0.05) is 0 Å². The van der Waals surface area contributed by atoms with E-state index in [1.54, 1.807) is 0 Å². The van der Waals surface area contributed by atoms with E-state index in [-0.39, 0.29) is 12.6 Å². The van der Waals surface area contributed by atoms with E-state index in [2.05, 4.69) is 23.3 Å². The molecule has 4 N–H and O–H groups in total. The summed E-state index contributed by atoms with van der Waals surface area (Å²) in [5.41, 5.74) is 5.00. The zero-order chi connectivity index (χ0) is 9.56. The van der Waals surface area contributed by atoms with Crippen LogP contribution < -0.4 is 16.4 Å². The number of carbonyl (C=O) groups excluding carboxylic acids is 2. The largest absolute Gasteiger partial charge is 0.368 e. The van der Waals surface area contributed by atoms with Crippen LogP contribution in [0.4, 0.5) is 0 Å². The van der Waals surface area contributed by atoms with Crippen molar-refractivity contribution in [1.29, 1.82) is 0 Å². The number of nitrogens with one attached hydrogen (secondary N) is 2. The molecule has 0 spiro atoms. The van der Waals surface area contributed by atoms with E-state index in [1.807, 2.05) is 0 Å². The van der Waals surface area contributed by atoms with Gasteiger partial charge in [0.05, 0.1) is 12.7 Å². The minimum atomic E-state index is -0.500. The van der Waals surface area contributed by atoms with Crippen LogP contribution in [-0.4, -0.2) is 30.3 Å². The quantitative estimate of drug-likeness (QED) is 0.314. The van der Waals surface area contributed by atoms with E-state index in [0.29, 0.717) is 5.75 Å². The van der Waals surface area contributed by atoms with Gasteiger partial charge >= 0.3 is 0 Å². The Morgan fingerprint density at radius 3 is 2.50 bits per heavy atom. The van der Waals surface area contributed by atoms with Crippen molar-refractivity contribution in [3.05, 3.63) is 0 Å². The third-order valence-electron chi connectivity index (χ3n) is 1.21. The van der Waals surface area contributed by atoms with Crippen LogP contribution in [0.15, 0.2) is 0 Å². The molecule has 0 aromatic carbocycles.